The summed E-state index contributed by atoms with van der Waals surface area (Å²) in [6, 6.07) is 9.73. The molecule has 1 aromatic carbocycles. The van der Waals surface area contributed by atoms with Gasteiger partial charge in [0.25, 0.3) is 0 Å². The summed E-state index contributed by atoms with van der Waals surface area (Å²) in [7, 11) is 0. The average Bonchev–Trinajstić information content (AvgIpc) is 2.89. The van der Waals surface area contributed by atoms with E-state index >= 15 is 0 Å². The highest BCUT2D eigenvalue weighted by Gasteiger charge is 2.13. The van der Waals surface area contributed by atoms with Crippen LogP contribution in [0.15, 0.2) is 48.9 Å². The molecule has 0 saturated carbocycles. The molecule has 0 saturated heterocycles. The van der Waals surface area contributed by atoms with Gasteiger partial charge >= 0.3 is 0 Å². The summed E-state index contributed by atoms with van der Waals surface area (Å²) < 4.78 is 2.03. The first-order valence-corrected chi connectivity index (χ1v) is 7.39. The van der Waals surface area contributed by atoms with Crippen molar-refractivity contribution in [3.8, 4) is 17.1 Å². The summed E-state index contributed by atoms with van der Waals surface area (Å²) in [5, 5.41) is 2.80. The van der Waals surface area contributed by atoms with E-state index < -0.39 is 0 Å². The lowest BCUT2D eigenvalue weighted by Gasteiger charge is -2.11. The highest BCUT2D eigenvalue weighted by atomic mass is 16.1. The molecule has 23 heavy (non-hydrogen) atoms. The van der Waals surface area contributed by atoms with Crippen LogP contribution in [0, 0.1) is 13.8 Å². The molecule has 0 bridgehead atoms. The van der Waals surface area contributed by atoms with Gasteiger partial charge in [-0.25, -0.2) is 4.98 Å². The number of anilines is 1. The molecule has 116 valence electrons. The van der Waals surface area contributed by atoms with Crippen molar-refractivity contribution < 1.29 is 4.79 Å². The van der Waals surface area contributed by atoms with Crippen LogP contribution in [0.1, 0.15) is 18.2 Å². The van der Waals surface area contributed by atoms with Crippen molar-refractivity contribution in [2.75, 3.05) is 5.32 Å². The van der Waals surface area contributed by atoms with Crippen molar-refractivity contribution in [3.63, 3.8) is 0 Å². The number of hydrogen-bond acceptors (Lipinski definition) is 3. The fourth-order valence-electron chi connectivity index (χ4n) is 2.58. The van der Waals surface area contributed by atoms with Crippen LogP contribution in [0.3, 0.4) is 0 Å². The molecular weight excluding hydrogens is 288 g/mol. The van der Waals surface area contributed by atoms with E-state index in [1.54, 1.807) is 6.20 Å². The van der Waals surface area contributed by atoms with Crippen molar-refractivity contribution in [3.05, 3.63) is 60.2 Å². The molecule has 1 N–H and O–H groups in total. The van der Waals surface area contributed by atoms with Crippen LogP contribution in [0.2, 0.25) is 0 Å². The van der Waals surface area contributed by atoms with Gasteiger partial charge in [-0.2, -0.15) is 0 Å². The second-order valence-corrected chi connectivity index (χ2v) is 5.50. The van der Waals surface area contributed by atoms with E-state index in [-0.39, 0.29) is 5.91 Å². The second kappa shape index (κ2) is 6.04. The van der Waals surface area contributed by atoms with Crippen LogP contribution < -0.4 is 5.32 Å². The van der Waals surface area contributed by atoms with E-state index in [9.17, 15) is 4.79 Å². The SMILES string of the molecule is CC(=O)Nc1ccc(-c2nc(C)cn2-c2cccnc2)c(C)c1. The molecule has 0 fully saturated rings. The predicted octanol–water partition coefficient (Wildman–Crippen LogP) is 3.51. The lowest BCUT2D eigenvalue weighted by Crippen LogP contribution is -2.06. The Hall–Kier alpha value is -2.95. The predicted molar refractivity (Wildman–Crippen MR) is 90.6 cm³/mol. The van der Waals surface area contributed by atoms with E-state index in [1.165, 1.54) is 6.92 Å². The Balaban J connectivity index is 2.08. The quantitative estimate of drug-likeness (QED) is 0.805. The van der Waals surface area contributed by atoms with Crippen LogP contribution in [0.4, 0.5) is 5.69 Å². The molecule has 2 aromatic heterocycles. The molecule has 0 spiro atoms. The summed E-state index contributed by atoms with van der Waals surface area (Å²) in [5.74, 6) is 0.784. The number of carbonyl (C=O) groups is 1. The third-order valence-electron chi connectivity index (χ3n) is 3.54. The lowest BCUT2D eigenvalue weighted by atomic mass is 10.1. The molecule has 1 amide bonds. The van der Waals surface area contributed by atoms with Crippen molar-refractivity contribution in [1.29, 1.82) is 0 Å². The van der Waals surface area contributed by atoms with E-state index in [0.717, 1.165) is 34.0 Å². The van der Waals surface area contributed by atoms with Gasteiger partial charge in [0.15, 0.2) is 0 Å². The number of nitrogens with one attached hydrogen (secondary N) is 1. The molecule has 2 heterocycles. The minimum absolute atomic E-state index is 0.0788. The summed E-state index contributed by atoms with van der Waals surface area (Å²) in [6.45, 7) is 5.48. The van der Waals surface area contributed by atoms with Crippen LogP contribution >= 0.6 is 0 Å². The third-order valence-corrected chi connectivity index (χ3v) is 3.54. The standard InChI is InChI=1S/C18H18N4O/c1-12-9-15(21-14(3)23)6-7-17(12)18-20-13(2)11-22(18)16-5-4-8-19-10-16/h4-11H,1-3H3,(H,21,23). The Labute approximate surface area is 135 Å². The van der Waals surface area contributed by atoms with Crippen LogP contribution in [-0.4, -0.2) is 20.4 Å². The molecule has 5 nitrogen and oxygen atoms in total. The van der Waals surface area contributed by atoms with E-state index in [4.69, 9.17) is 0 Å². The zero-order chi connectivity index (χ0) is 16.4. The minimum atomic E-state index is -0.0788. The Kier molecular flexibility index (Phi) is 3.93. The number of amides is 1. The number of imidazole rings is 1. The van der Waals surface area contributed by atoms with Gasteiger partial charge in [0.1, 0.15) is 5.82 Å². The van der Waals surface area contributed by atoms with Crippen molar-refractivity contribution in [1.82, 2.24) is 14.5 Å². The molecule has 3 rings (SSSR count). The van der Waals surface area contributed by atoms with Crippen molar-refractivity contribution in [2.45, 2.75) is 20.8 Å². The number of aryl methyl sites for hydroxylation is 2. The molecule has 0 unspecified atom stereocenters. The molecule has 0 aliphatic heterocycles. The molecule has 5 heteroatoms. The Morgan fingerprint density at radius 1 is 1.22 bits per heavy atom. The molecule has 0 radical (unpaired) electrons. The Bertz CT molecular complexity index is 853. The zero-order valence-corrected chi connectivity index (χ0v) is 13.4. The maximum absolute atomic E-state index is 11.2. The van der Waals surface area contributed by atoms with E-state index in [2.05, 4.69) is 15.3 Å². The van der Waals surface area contributed by atoms with Gasteiger partial charge < -0.3 is 5.32 Å². The van der Waals surface area contributed by atoms with Crippen LogP contribution in [-0.2, 0) is 4.79 Å². The lowest BCUT2D eigenvalue weighted by molar-refractivity contribution is -0.114. The highest BCUT2D eigenvalue weighted by Crippen LogP contribution is 2.27. The second-order valence-electron chi connectivity index (χ2n) is 5.50. The van der Waals surface area contributed by atoms with E-state index in [0.29, 0.717) is 0 Å². The summed E-state index contributed by atoms with van der Waals surface area (Å²) >= 11 is 0. The summed E-state index contributed by atoms with van der Waals surface area (Å²) in [6.07, 6.45) is 5.56. The zero-order valence-electron chi connectivity index (χ0n) is 13.4. The number of hydrogen-bond donors (Lipinski definition) is 1. The largest absolute Gasteiger partial charge is 0.326 e. The van der Waals surface area contributed by atoms with Crippen molar-refractivity contribution >= 4 is 11.6 Å². The van der Waals surface area contributed by atoms with E-state index in [1.807, 2.05) is 61.1 Å². The van der Waals surface area contributed by atoms with Gasteiger partial charge in [-0.05, 0) is 49.7 Å². The Morgan fingerprint density at radius 3 is 2.70 bits per heavy atom. The molecule has 0 aliphatic rings. The van der Waals surface area contributed by atoms with Gasteiger partial charge in [0, 0.05) is 30.6 Å². The first kappa shape index (κ1) is 15.0. The maximum atomic E-state index is 11.2. The van der Waals surface area contributed by atoms with Crippen LogP contribution in [0.5, 0.6) is 0 Å². The number of nitrogens with zero attached hydrogens (tertiary/aromatic N) is 3. The van der Waals surface area contributed by atoms with Gasteiger partial charge in [-0.1, -0.05) is 0 Å². The topological polar surface area (TPSA) is 59.8 Å². The van der Waals surface area contributed by atoms with Gasteiger partial charge in [-0.15, -0.1) is 0 Å². The number of benzene rings is 1. The maximum Gasteiger partial charge on any atom is 0.221 e. The number of carbonyl (C=O) groups excluding carboxylic acids is 1. The van der Waals surface area contributed by atoms with Gasteiger partial charge in [-0.3, -0.25) is 14.3 Å². The third kappa shape index (κ3) is 3.13. The summed E-state index contributed by atoms with van der Waals surface area (Å²) in [4.78, 5) is 20.0. The molecule has 0 atom stereocenters. The highest BCUT2D eigenvalue weighted by molar-refractivity contribution is 5.89. The van der Waals surface area contributed by atoms with Gasteiger partial charge in [0.2, 0.25) is 5.91 Å². The molecular formula is C18H18N4O. The first-order chi connectivity index (χ1) is 11.0. The average molecular weight is 306 g/mol. The fourth-order valence-corrected chi connectivity index (χ4v) is 2.58. The molecule has 0 aliphatic carbocycles. The van der Waals surface area contributed by atoms with Crippen molar-refractivity contribution in [2.24, 2.45) is 0 Å². The normalized spacial score (nSPS) is 10.6. The minimum Gasteiger partial charge on any atom is -0.326 e. The van der Waals surface area contributed by atoms with Gasteiger partial charge in [0.05, 0.1) is 17.6 Å². The number of rotatable bonds is 3. The van der Waals surface area contributed by atoms with Crippen LogP contribution in [0.25, 0.3) is 17.1 Å². The Morgan fingerprint density at radius 2 is 2.04 bits per heavy atom. The fraction of sp³-hybridized carbons (Fsp3) is 0.167. The smallest absolute Gasteiger partial charge is 0.221 e. The monoisotopic (exact) mass is 306 g/mol. The number of pyridine rings is 1. The molecule has 3 aromatic rings. The first-order valence-electron chi connectivity index (χ1n) is 7.39. The summed E-state index contributed by atoms with van der Waals surface area (Å²) in [5.41, 5.74) is 4.76. The number of aromatic nitrogens is 3.